The Morgan fingerprint density at radius 3 is 2.43 bits per heavy atom. The predicted molar refractivity (Wildman–Crippen MR) is 126 cm³/mol. The second-order valence-electron chi connectivity index (χ2n) is 9.61. The lowest BCUT2D eigenvalue weighted by molar-refractivity contribution is -0.122. The van der Waals surface area contributed by atoms with E-state index >= 15 is 0 Å². The van der Waals surface area contributed by atoms with Crippen molar-refractivity contribution in [3.8, 4) is 6.07 Å². The number of hydrogen-bond acceptors (Lipinski definition) is 7. The number of carbonyl (C=O) groups is 1. The Morgan fingerprint density at radius 1 is 1.14 bits per heavy atom. The summed E-state index contributed by atoms with van der Waals surface area (Å²) in [6.45, 7) is 0. The van der Waals surface area contributed by atoms with Crippen LogP contribution in [0.2, 0.25) is 0 Å². The number of fused-ring (bicyclic) bond motifs is 1. The van der Waals surface area contributed by atoms with Crippen molar-refractivity contribution in [1.82, 2.24) is 19.5 Å². The number of benzene rings is 1. The number of carbonyl (C=O) groups excluding carboxylic acids is 1. The lowest BCUT2D eigenvalue weighted by atomic mass is 9.85. The van der Waals surface area contributed by atoms with E-state index in [-0.39, 0.29) is 54.6 Å². The molecule has 1 amide bonds. The molecule has 3 aromatic rings. The molecule has 0 unspecified atom stereocenters. The fraction of sp³-hybridized carbons (Fsp3) is 0.458. The summed E-state index contributed by atoms with van der Waals surface area (Å²) in [6, 6.07) is 2.80. The Morgan fingerprint density at radius 2 is 1.84 bits per heavy atom. The number of hydrogen-bond donors (Lipinski definition) is 3. The number of alkyl halides is 2. The molecule has 5 rings (SSSR count). The fourth-order valence-corrected chi connectivity index (χ4v) is 5.14. The van der Waals surface area contributed by atoms with Crippen LogP contribution < -0.4 is 16.4 Å². The van der Waals surface area contributed by atoms with E-state index < -0.39 is 29.3 Å². The number of primary amides is 1. The maximum absolute atomic E-state index is 14.7. The quantitative estimate of drug-likeness (QED) is 0.410. The molecule has 2 aliphatic rings. The Hall–Kier alpha value is -3.95. The van der Waals surface area contributed by atoms with Gasteiger partial charge in [-0.15, -0.1) is 0 Å². The zero-order valence-electron chi connectivity index (χ0n) is 19.6. The van der Waals surface area contributed by atoms with Crippen molar-refractivity contribution in [3.05, 3.63) is 35.5 Å². The highest BCUT2D eigenvalue weighted by atomic mass is 19.3. The van der Waals surface area contributed by atoms with Crippen molar-refractivity contribution in [2.45, 2.75) is 63.0 Å². The van der Waals surface area contributed by atoms with Gasteiger partial charge in [0.25, 0.3) is 0 Å². The molecule has 0 aliphatic heterocycles. The third-order valence-corrected chi connectivity index (χ3v) is 7.04. The molecule has 2 heterocycles. The van der Waals surface area contributed by atoms with Crippen molar-refractivity contribution >= 4 is 34.7 Å². The number of nitrogens with zero attached hydrogens (tertiary/aromatic N) is 5. The summed E-state index contributed by atoms with van der Waals surface area (Å²) in [7, 11) is 0. The fourth-order valence-electron chi connectivity index (χ4n) is 5.14. The second-order valence-corrected chi connectivity index (χ2v) is 9.61. The van der Waals surface area contributed by atoms with Gasteiger partial charge >= 0.3 is 0 Å². The molecule has 0 spiro atoms. The number of aromatic nitrogens is 4. The van der Waals surface area contributed by atoms with Gasteiger partial charge in [-0.05, 0) is 44.2 Å². The highest BCUT2D eigenvalue weighted by Crippen LogP contribution is 2.39. The molecule has 0 saturated heterocycles. The highest BCUT2D eigenvalue weighted by molar-refractivity contribution is 5.78. The minimum Gasteiger partial charge on any atom is -0.369 e. The largest absolute Gasteiger partial charge is 0.369 e. The number of nitrogens with two attached hydrogens (primary N) is 1. The first-order chi connectivity index (χ1) is 17.6. The van der Waals surface area contributed by atoms with Crippen LogP contribution in [0.3, 0.4) is 0 Å². The van der Waals surface area contributed by atoms with Crippen LogP contribution in [0.5, 0.6) is 0 Å². The normalized spacial score (nSPS) is 23.1. The van der Waals surface area contributed by atoms with Gasteiger partial charge in [0.2, 0.25) is 23.7 Å². The van der Waals surface area contributed by atoms with Gasteiger partial charge in [-0.1, -0.05) is 0 Å². The molecule has 2 aliphatic carbocycles. The van der Waals surface area contributed by atoms with Crippen LogP contribution in [0.1, 0.15) is 56.6 Å². The Bertz CT molecular complexity index is 1370. The molecule has 4 N–H and O–H groups in total. The second kappa shape index (κ2) is 9.49. The van der Waals surface area contributed by atoms with E-state index in [4.69, 9.17) is 11.0 Å². The molecule has 0 radical (unpaired) electrons. The minimum atomic E-state index is -2.74. The molecule has 9 nitrogen and oxygen atoms in total. The maximum Gasteiger partial charge on any atom is 0.250 e. The molecule has 2 fully saturated rings. The number of nitriles is 1. The van der Waals surface area contributed by atoms with Crippen LogP contribution in [0.4, 0.5) is 35.1 Å². The molecule has 13 heteroatoms. The summed E-state index contributed by atoms with van der Waals surface area (Å²) in [6.07, 6.45) is 3.26. The predicted octanol–water partition coefficient (Wildman–Crippen LogP) is 4.54. The smallest absolute Gasteiger partial charge is 0.250 e. The van der Waals surface area contributed by atoms with Crippen molar-refractivity contribution < 1.29 is 22.4 Å². The van der Waals surface area contributed by atoms with Crippen LogP contribution in [-0.4, -0.2) is 37.4 Å². The Balaban J connectivity index is 1.52. The van der Waals surface area contributed by atoms with E-state index in [1.807, 2.05) is 0 Å². The number of amides is 1. The molecule has 2 aromatic heterocycles. The first kappa shape index (κ1) is 24.7. The molecule has 0 bridgehead atoms. The summed E-state index contributed by atoms with van der Waals surface area (Å²) >= 11 is 0. The monoisotopic (exact) mass is 516 g/mol. The van der Waals surface area contributed by atoms with Gasteiger partial charge in [0.15, 0.2) is 17.3 Å². The van der Waals surface area contributed by atoms with Crippen molar-refractivity contribution in [1.29, 1.82) is 5.26 Å². The lowest BCUT2D eigenvalue weighted by Gasteiger charge is -2.29. The zero-order valence-corrected chi connectivity index (χ0v) is 19.6. The van der Waals surface area contributed by atoms with Gasteiger partial charge < -0.3 is 16.4 Å². The van der Waals surface area contributed by atoms with Gasteiger partial charge in [0.1, 0.15) is 11.2 Å². The summed E-state index contributed by atoms with van der Waals surface area (Å²) in [4.78, 5) is 24.8. The number of halogens is 4. The van der Waals surface area contributed by atoms with E-state index in [2.05, 4.69) is 25.6 Å². The zero-order chi connectivity index (χ0) is 26.3. The average Bonchev–Trinajstić information content (AvgIpc) is 3.39. The summed E-state index contributed by atoms with van der Waals surface area (Å²) in [5, 5.41) is 14.6. The van der Waals surface area contributed by atoms with Gasteiger partial charge in [0, 0.05) is 30.8 Å². The Labute approximate surface area is 209 Å². The first-order valence-corrected chi connectivity index (χ1v) is 12.0. The lowest BCUT2D eigenvalue weighted by Crippen LogP contribution is -2.29. The Kier molecular flexibility index (Phi) is 6.35. The highest BCUT2D eigenvalue weighted by Gasteiger charge is 2.39. The van der Waals surface area contributed by atoms with E-state index in [0.29, 0.717) is 36.8 Å². The molecule has 194 valence electrons. The SMILES string of the molecule is N#Cc1cc(F)c(Nc2nc3cnc(N[C@H]4CCC(F)(F)C4)nc3n2C2CCC(C(N)=O)CC2)c(F)c1. The summed E-state index contributed by atoms with van der Waals surface area (Å²) < 4.78 is 58.3. The average molecular weight is 517 g/mol. The van der Waals surface area contributed by atoms with Crippen molar-refractivity contribution in [3.63, 3.8) is 0 Å². The summed E-state index contributed by atoms with van der Waals surface area (Å²) in [5.41, 5.74) is 5.49. The van der Waals surface area contributed by atoms with Crippen LogP contribution in [0, 0.1) is 28.9 Å². The molecule has 1 atom stereocenters. The minimum absolute atomic E-state index is 0.0962. The molecule has 1 aromatic carbocycles. The van der Waals surface area contributed by atoms with Gasteiger partial charge in [-0.25, -0.2) is 27.5 Å². The van der Waals surface area contributed by atoms with E-state index in [1.165, 1.54) is 6.20 Å². The van der Waals surface area contributed by atoms with Gasteiger partial charge in [-0.2, -0.15) is 10.2 Å². The number of imidazole rings is 1. The molecular formula is C24H24F4N8O. The standard InChI is InChI=1S/C24H24F4N8O/c25-16-7-12(10-29)8-17(26)19(16)34-23-33-18-11-31-22(32-14-5-6-24(27,28)9-14)35-21(18)36(23)15-3-1-13(2-4-15)20(30)37/h7-8,11,13-15H,1-6,9H2,(H2,30,37)(H,33,34)(H,31,32,35)/t13?,14-,15?/m0/s1. The van der Waals surface area contributed by atoms with Crippen molar-refractivity contribution in [2.75, 3.05) is 10.6 Å². The first-order valence-electron chi connectivity index (χ1n) is 12.0. The third kappa shape index (κ3) is 5.00. The molecular weight excluding hydrogens is 492 g/mol. The maximum atomic E-state index is 14.7. The topological polar surface area (TPSA) is 135 Å². The van der Waals surface area contributed by atoms with E-state index in [9.17, 15) is 22.4 Å². The number of rotatable bonds is 6. The van der Waals surface area contributed by atoms with E-state index in [1.54, 1.807) is 10.6 Å². The van der Waals surface area contributed by atoms with Gasteiger partial charge in [-0.3, -0.25) is 9.36 Å². The molecule has 37 heavy (non-hydrogen) atoms. The third-order valence-electron chi connectivity index (χ3n) is 7.04. The summed E-state index contributed by atoms with van der Waals surface area (Å²) in [5.74, 6) is -5.09. The number of anilines is 3. The van der Waals surface area contributed by atoms with Gasteiger partial charge in [0.05, 0.1) is 17.8 Å². The van der Waals surface area contributed by atoms with E-state index in [0.717, 1.165) is 12.1 Å². The van der Waals surface area contributed by atoms with Crippen molar-refractivity contribution in [2.24, 2.45) is 11.7 Å². The van der Waals surface area contributed by atoms with Crippen LogP contribution in [0.15, 0.2) is 18.3 Å². The number of nitrogens with one attached hydrogen (secondary N) is 2. The van der Waals surface area contributed by atoms with Crippen LogP contribution >= 0.6 is 0 Å². The van der Waals surface area contributed by atoms with Crippen LogP contribution in [-0.2, 0) is 4.79 Å². The molecule has 2 saturated carbocycles. The van der Waals surface area contributed by atoms with Crippen LogP contribution in [0.25, 0.3) is 11.2 Å².